The number of fused-ring (bicyclic) bond motifs is 3. The van der Waals surface area contributed by atoms with E-state index in [1.165, 1.54) is 22.3 Å². The third kappa shape index (κ3) is 2.46. The number of carbonyl (C=O) groups excluding carboxylic acids is 1. The van der Waals surface area contributed by atoms with Crippen molar-refractivity contribution in [1.29, 1.82) is 5.26 Å². The van der Waals surface area contributed by atoms with Gasteiger partial charge in [0.15, 0.2) is 0 Å². The molecule has 1 amide bonds. The third-order valence-corrected chi connectivity index (χ3v) is 3.66. The van der Waals surface area contributed by atoms with E-state index in [1.807, 2.05) is 30.3 Å². The SMILES string of the molecule is N#CCNC(=O)OCC1c2ccccc2-c2ccccc21. The van der Waals surface area contributed by atoms with Gasteiger partial charge in [0.25, 0.3) is 0 Å². The topological polar surface area (TPSA) is 62.1 Å². The molecule has 1 N–H and O–H groups in total. The van der Waals surface area contributed by atoms with Crippen LogP contribution in [0.2, 0.25) is 0 Å². The van der Waals surface area contributed by atoms with Crippen molar-refractivity contribution in [2.24, 2.45) is 0 Å². The van der Waals surface area contributed by atoms with Gasteiger partial charge in [0, 0.05) is 5.92 Å². The fraction of sp³-hybridized carbons (Fsp3) is 0.176. The summed E-state index contributed by atoms with van der Waals surface area (Å²) in [7, 11) is 0. The van der Waals surface area contributed by atoms with Gasteiger partial charge in [0.2, 0.25) is 0 Å². The predicted octanol–water partition coefficient (Wildman–Crippen LogP) is 3.05. The molecule has 0 saturated carbocycles. The lowest BCUT2D eigenvalue weighted by Crippen LogP contribution is -2.26. The van der Waals surface area contributed by atoms with Crippen molar-refractivity contribution in [2.75, 3.05) is 13.2 Å². The number of rotatable bonds is 3. The summed E-state index contributed by atoms with van der Waals surface area (Å²) in [4.78, 5) is 11.5. The Morgan fingerprint density at radius 3 is 2.24 bits per heavy atom. The molecule has 0 radical (unpaired) electrons. The van der Waals surface area contributed by atoms with Gasteiger partial charge in [-0.15, -0.1) is 0 Å². The van der Waals surface area contributed by atoms with Crippen LogP contribution < -0.4 is 5.32 Å². The van der Waals surface area contributed by atoms with Gasteiger partial charge in [-0.2, -0.15) is 5.26 Å². The fourth-order valence-corrected chi connectivity index (χ4v) is 2.76. The van der Waals surface area contributed by atoms with Gasteiger partial charge in [-0.3, -0.25) is 0 Å². The molecule has 0 spiro atoms. The number of alkyl carbamates (subject to hydrolysis) is 1. The molecule has 1 aliphatic carbocycles. The van der Waals surface area contributed by atoms with E-state index >= 15 is 0 Å². The first kappa shape index (κ1) is 13.2. The van der Waals surface area contributed by atoms with Crippen molar-refractivity contribution in [3.63, 3.8) is 0 Å². The van der Waals surface area contributed by atoms with Crippen molar-refractivity contribution in [3.05, 3.63) is 59.7 Å². The Labute approximate surface area is 123 Å². The van der Waals surface area contributed by atoms with Gasteiger partial charge in [-0.05, 0) is 22.3 Å². The van der Waals surface area contributed by atoms with Crippen LogP contribution in [0.3, 0.4) is 0 Å². The molecule has 0 unspecified atom stereocenters. The van der Waals surface area contributed by atoms with E-state index in [2.05, 4.69) is 29.6 Å². The number of nitrogens with zero attached hydrogens (tertiary/aromatic N) is 1. The third-order valence-electron chi connectivity index (χ3n) is 3.66. The molecule has 0 aliphatic heterocycles. The van der Waals surface area contributed by atoms with Crippen molar-refractivity contribution in [2.45, 2.75) is 5.92 Å². The number of hydrogen-bond acceptors (Lipinski definition) is 3. The van der Waals surface area contributed by atoms with Crippen LogP contribution >= 0.6 is 0 Å². The summed E-state index contributed by atoms with van der Waals surface area (Å²) in [5.41, 5.74) is 4.73. The summed E-state index contributed by atoms with van der Waals surface area (Å²) in [6.07, 6.45) is -0.557. The largest absolute Gasteiger partial charge is 0.449 e. The first-order valence-electron chi connectivity index (χ1n) is 6.77. The van der Waals surface area contributed by atoms with Crippen LogP contribution in [0.5, 0.6) is 0 Å². The number of ether oxygens (including phenoxy) is 1. The second kappa shape index (κ2) is 5.68. The Morgan fingerprint density at radius 1 is 1.10 bits per heavy atom. The lowest BCUT2D eigenvalue weighted by molar-refractivity contribution is 0.144. The zero-order chi connectivity index (χ0) is 14.7. The molecule has 21 heavy (non-hydrogen) atoms. The molecule has 1 aliphatic rings. The molecule has 0 atom stereocenters. The van der Waals surface area contributed by atoms with Gasteiger partial charge in [-0.1, -0.05) is 48.5 Å². The quantitative estimate of drug-likeness (QED) is 0.878. The molecule has 3 rings (SSSR count). The Hall–Kier alpha value is -2.80. The summed E-state index contributed by atoms with van der Waals surface area (Å²) < 4.78 is 5.24. The maximum atomic E-state index is 11.5. The van der Waals surface area contributed by atoms with E-state index in [-0.39, 0.29) is 19.1 Å². The van der Waals surface area contributed by atoms with Crippen LogP contribution in [0.25, 0.3) is 11.1 Å². The zero-order valence-corrected chi connectivity index (χ0v) is 11.4. The van der Waals surface area contributed by atoms with E-state index < -0.39 is 6.09 Å². The highest BCUT2D eigenvalue weighted by Gasteiger charge is 2.28. The van der Waals surface area contributed by atoms with E-state index in [4.69, 9.17) is 10.00 Å². The number of carbonyl (C=O) groups is 1. The highest BCUT2D eigenvalue weighted by Crippen LogP contribution is 2.44. The van der Waals surface area contributed by atoms with E-state index in [0.717, 1.165) is 0 Å². The van der Waals surface area contributed by atoms with E-state index in [9.17, 15) is 4.79 Å². The van der Waals surface area contributed by atoms with Gasteiger partial charge in [-0.25, -0.2) is 4.79 Å². The average Bonchev–Trinajstić information content (AvgIpc) is 2.85. The minimum absolute atomic E-state index is 0.0450. The number of benzene rings is 2. The summed E-state index contributed by atoms with van der Waals surface area (Å²) in [6, 6.07) is 18.2. The standard InChI is InChI=1S/C17H14N2O2/c18-9-10-19-17(20)21-11-16-14-7-3-1-5-12(14)13-6-2-4-8-15(13)16/h1-8,16H,10-11H2,(H,19,20). The molecule has 2 aromatic carbocycles. The highest BCUT2D eigenvalue weighted by atomic mass is 16.5. The normalized spacial score (nSPS) is 12.1. The minimum Gasteiger partial charge on any atom is -0.449 e. The minimum atomic E-state index is -0.557. The molecular formula is C17H14N2O2. The molecule has 4 nitrogen and oxygen atoms in total. The number of hydrogen-bond donors (Lipinski definition) is 1. The summed E-state index contributed by atoms with van der Waals surface area (Å²) in [5.74, 6) is 0.0465. The maximum Gasteiger partial charge on any atom is 0.407 e. The molecule has 2 aromatic rings. The summed E-state index contributed by atoms with van der Waals surface area (Å²) in [5, 5.41) is 10.8. The van der Waals surface area contributed by atoms with Gasteiger partial charge >= 0.3 is 6.09 Å². The van der Waals surface area contributed by atoms with Crippen LogP contribution in [-0.4, -0.2) is 19.2 Å². The van der Waals surface area contributed by atoms with Gasteiger partial charge in [0.05, 0.1) is 6.07 Å². The predicted molar refractivity (Wildman–Crippen MR) is 78.7 cm³/mol. The number of nitriles is 1. The zero-order valence-electron chi connectivity index (χ0n) is 11.4. The smallest absolute Gasteiger partial charge is 0.407 e. The Bertz CT molecular complexity index is 673. The lowest BCUT2D eigenvalue weighted by Gasteiger charge is -2.13. The van der Waals surface area contributed by atoms with E-state index in [0.29, 0.717) is 0 Å². The number of nitrogens with one attached hydrogen (secondary N) is 1. The van der Waals surface area contributed by atoms with Crippen LogP contribution in [0.15, 0.2) is 48.5 Å². The van der Waals surface area contributed by atoms with Crippen molar-refractivity contribution in [1.82, 2.24) is 5.32 Å². The Balaban J connectivity index is 1.83. The lowest BCUT2D eigenvalue weighted by atomic mass is 9.98. The number of amides is 1. The molecule has 0 aromatic heterocycles. The molecule has 0 saturated heterocycles. The second-order valence-corrected chi connectivity index (χ2v) is 4.84. The molecule has 4 heteroatoms. The summed E-state index contributed by atoms with van der Waals surface area (Å²) >= 11 is 0. The Morgan fingerprint density at radius 2 is 1.67 bits per heavy atom. The molecule has 0 heterocycles. The van der Waals surface area contributed by atoms with Crippen LogP contribution in [0.1, 0.15) is 17.0 Å². The molecular weight excluding hydrogens is 264 g/mol. The fourth-order valence-electron chi connectivity index (χ4n) is 2.76. The van der Waals surface area contributed by atoms with Crippen molar-refractivity contribution in [3.8, 4) is 17.2 Å². The summed E-state index contributed by atoms with van der Waals surface area (Å²) in [6.45, 7) is 0.224. The molecule has 104 valence electrons. The highest BCUT2D eigenvalue weighted by molar-refractivity contribution is 5.79. The van der Waals surface area contributed by atoms with Crippen LogP contribution in [0.4, 0.5) is 4.79 Å². The maximum absolute atomic E-state index is 11.5. The van der Waals surface area contributed by atoms with Crippen LogP contribution in [0, 0.1) is 11.3 Å². The van der Waals surface area contributed by atoms with Gasteiger partial charge in [0.1, 0.15) is 13.2 Å². The molecule has 0 fully saturated rings. The Kier molecular flexibility index (Phi) is 3.57. The molecule has 0 bridgehead atoms. The second-order valence-electron chi connectivity index (χ2n) is 4.84. The van der Waals surface area contributed by atoms with Gasteiger partial charge < -0.3 is 10.1 Å². The van der Waals surface area contributed by atoms with E-state index in [1.54, 1.807) is 0 Å². The first-order valence-corrected chi connectivity index (χ1v) is 6.77. The van der Waals surface area contributed by atoms with Crippen molar-refractivity contribution >= 4 is 6.09 Å². The first-order chi connectivity index (χ1) is 10.3. The van der Waals surface area contributed by atoms with Crippen molar-refractivity contribution < 1.29 is 9.53 Å². The monoisotopic (exact) mass is 278 g/mol. The average molecular weight is 278 g/mol. The van der Waals surface area contributed by atoms with Crippen LogP contribution in [-0.2, 0) is 4.74 Å².